The fraction of sp³-hybridized carbons (Fsp3) is 0.188. The molecule has 0 aliphatic rings. The van der Waals surface area contributed by atoms with Crippen LogP contribution in [0.25, 0.3) is 12.2 Å². The Morgan fingerprint density at radius 3 is 2.33 bits per heavy atom. The largest absolute Gasteiger partial charge is 0.497 e. The van der Waals surface area contributed by atoms with Gasteiger partial charge in [0.25, 0.3) is 0 Å². The van der Waals surface area contributed by atoms with E-state index in [0.717, 1.165) is 5.56 Å². The van der Waals surface area contributed by atoms with Crippen LogP contribution >= 0.6 is 0 Å². The van der Waals surface area contributed by atoms with Crippen LogP contribution in [0.1, 0.15) is 11.3 Å². The fourth-order valence-electron chi connectivity index (χ4n) is 1.80. The van der Waals surface area contributed by atoms with Crippen molar-refractivity contribution in [1.29, 1.82) is 0 Å². The van der Waals surface area contributed by atoms with Gasteiger partial charge in [-0.15, -0.1) is 0 Å². The predicted octanol–water partition coefficient (Wildman–Crippen LogP) is 2.84. The van der Waals surface area contributed by atoms with E-state index in [2.05, 4.69) is 0 Å². The summed E-state index contributed by atoms with van der Waals surface area (Å²) in [4.78, 5) is 11.4. The van der Waals surface area contributed by atoms with Crippen molar-refractivity contribution in [2.24, 2.45) is 0 Å². The third-order valence-electron chi connectivity index (χ3n) is 2.87. The molecule has 0 bridgehead atoms. The van der Waals surface area contributed by atoms with Crippen LogP contribution in [-0.4, -0.2) is 21.3 Å². The monoisotopic (exact) mass is 288 g/mol. The zero-order chi connectivity index (χ0) is 15.2. The molecule has 0 aliphatic heterocycles. The van der Waals surface area contributed by atoms with Gasteiger partial charge in [0.05, 0.1) is 27.4 Å². The number of hydrogen-bond donors (Lipinski definition) is 0. The molecule has 1 aromatic carbocycles. The SMILES string of the molecule is COc1ccc(C=Cc2cc(OC)cc(=O)o2)c(OC)c1. The lowest BCUT2D eigenvalue weighted by Crippen LogP contribution is -1.98. The van der Waals surface area contributed by atoms with E-state index in [-0.39, 0.29) is 0 Å². The Kier molecular flexibility index (Phi) is 4.66. The standard InChI is InChI=1S/C16H16O5/c1-18-12-6-4-11(15(9-12)20-3)5-7-13-8-14(19-2)10-16(17)21-13/h4-10H,1-3H3. The molecule has 0 fully saturated rings. The molecule has 0 atom stereocenters. The molecule has 5 nitrogen and oxygen atoms in total. The molecule has 110 valence electrons. The molecule has 0 spiro atoms. The predicted molar refractivity (Wildman–Crippen MR) is 80.0 cm³/mol. The summed E-state index contributed by atoms with van der Waals surface area (Å²) in [6.45, 7) is 0. The van der Waals surface area contributed by atoms with E-state index in [1.54, 1.807) is 38.5 Å². The van der Waals surface area contributed by atoms with Crippen LogP contribution in [0.4, 0.5) is 0 Å². The maximum absolute atomic E-state index is 11.4. The minimum atomic E-state index is -0.462. The molecule has 0 radical (unpaired) electrons. The van der Waals surface area contributed by atoms with Crippen LogP contribution in [-0.2, 0) is 0 Å². The number of rotatable bonds is 5. The summed E-state index contributed by atoms with van der Waals surface area (Å²) >= 11 is 0. The molecule has 0 unspecified atom stereocenters. The molecule has 0 amide bonds. The van der Waals surface area contributed by atoms with E-state index in [4.69, 9.17) is 18.6 Å². The van der Waals surface area contributed by atoms with Crippen molar-refractivity contribution in [2.75, 3.05) is 21.3 Å². The molecule has 5 heteroatoms. The highest BCUT2D eigenvalue weighted by Crippen LogP contribution is 2.26. The third kappa shape index (κ3) is 3.66. The molecule has 1 aromatic heterocycles. The molecular formula is C16H16O5. The van der Waals surface area contributed by atoms with Gasteiger partial charge in [0.1, 0.15) is 23.0 Å². The molecule has 21 heavy (non-hydrogen) atoms. The lowest BCUT2D eigenvalue weighted by Gasteiger charge is -2.07. The minimum Gasteiger partial charge on any atom is -0.497 e. The highest BCUT2D eigenvalue weighted by molar-refractivity contribution is 5.71. The Morgan fingerprint density at radius 2 is 1.67 bits per heavy atom. The molecule has 1 heterocycles. The van der Waals surface area contributed by atoms with Crippen LogP contribution in [0, 0.1) is 0 Å². The summed E-state index contributed by atoms with van der Waals surface area (Å²) in [7, 11) is 4.67. The van der Waals surface area contributed by atoms with E-state index in [0.29, 0.717) is 23.0 Å². The summed E-state index contributed by atoms with van der Waals surface area (Å²) < 4.78 is 20.5. The normalized spacial score (nSPS) is 10.6. The number of hydrogen-bond acceptors (Lipinski definition) is 5. The number of benzene rings is 1. The Labute approximate surface area is 122 Å². The van der Waals surface area contributed by atoms with Gasteiger partial charge in [-0.1, -0.05) is 0 Å². The first kappa shape index (κ1) is 14.7. The molecule has 2 rings (SSSR count). The molecule has 0 N–H and O–H groups in total. The quantitative estimate of drug-likeness (QED) is 0.846. The van der Waals surface area contributed by atoms with Gasteiger partial charge in [-0.2, -0.15) is 0 Å². The van der Waals surface area contributed by atoms with Gasteiger partial charge in [-0.05, 0) is 24.3 Å². The van der Waals surface area contributed by atoms with Gasteiger partial charge >= 0.3 is 5.63 Å². The topological polar surface area (TPSA) is 57.9 Å². The zero-order valence-electron chi connectivity index (χ0n) is 12.1. The Balaban J connectivity index is 2.33. The van der Waals surface area contributed by atoms with Crippen molar-refractivity contribution in [3.63, 3.8) is 0 Å². The molecular weight excluding hydrogens is 272 g/mol. The first-order valence-corrected chi connectivity index (χ1v) is 6.25. The molecule has 0 saturated carbocycles. The van der Waals surface area contributed by atoms with Crippen LogP contribution in [0.5, 0.6) is 17.2 Å². The number of methoxy groups -OCH3 is 3. The van der Waals surface area contributed by atoms with E-state index in [1.165, 1.54) is 13.2 Å². The van der Waals surface area contributed by atoms with Crippen molar-refractivity contribution in [3.8, 4) is 17.2 Å². The van der Waals surface area contributed by atoms with E-state index in [1.807, 2.05) is 12.1 Å². The Hall–Kier alpha value is -2.69. The highest BCUT2D eigenvalue weighted by atomic mass is 16.5. The Bertz CT molecular complexity index is 700. The molecule has 0 aliphatic carbocycles. The first-order chi connectivity index (χ1) is 10.2. The second-order valence-corrected chi connectivity index (χ2v) is 4.16. The average molecular weight is 288 g/mol. The first-order valence-electron chi connectivity index (χ1n) is 6.25. The fourth-order valence-corrected chi connectivity index (χ4v) is 1.80. The minimum absolute atomic E-state index is 0.400. The van der Waals surface area contributed by atoms with Crippen LogP contribution < -0.4 is 19.8 Å². The van der Waals surface area contributed by atoms with Gasteiger partial charge in [0.2, 0.25) is 0 Å². The van der Waals surface area contributed by atoms with E-state index < -0.39 is 5.63 Å². The average Bonchev–Trinajstić information content (AvgIpc) is 2.52. The van der Waals surface area contributed by atoms with Crippen molar-refractivity contribution in [3.05, 3.63) is 52.1 Å². The molecule has 0 saturated heterocycles. The smallest absolute Gasteiger partial charge is 0.339 e. The second-order valence-electron chi connectivity index (χ2n) is 4.16. The van der Waals surface area contributed by atoms with Crippen LogP contribution in [0.3, 0.4) is 0 Å². The van der Waals surface area contributed by atoms with Gasteiger partial charge in [-0.25, -0.2) is 4.79 Å². The number of ether oxygens (including phenoxy) is 3. The summed E-state index contributed by atoms with van der Waals surface area (Å²) in [5, 5.41) is 0. The Morgan fingerprint density at radius 1 is 0.905 bits per heavy atom. The summed E-state index contributed by atoms with van der Waals surface area (Å²) in [5.74, 6) is 2.22. The van der Waals surface area contributed by atoms with Crippen LogP contribution in [0.2, 0.25) is 0 Å². The summed E-state index contributed by atoms with van der Waals surface area (Å²) in [5.41, 5.74) is 0.375. The zero-order valence-corrected chi connectivity index (χ0v) is 12.1. The summed E-state index contributed by atoms with van der Waals surface area (Å²) in [6, 6.07) is 8.37. The molecule has 2 aromatic rings. The third-order valence-corrected chi connectivity index (χ3v) is 2.87. The van der Waals surface area contributed by atoms with Gasteiger partial charge in [0, 0.05) is 17.7 Å². The van der Waals surface area contributed by atoms with E-state index >= 15 is 0 Å². The maximum Gasteiger partial charge on any atom is 0.339 e. The lowest BCUT2D eigenvalue weighted by molar-refractivity contribution is 0.394. The van der Waals surface area contributed by atoms with Crippen molar-refractivity contribution in [2.45, 2.75) is 0 Å². The van der Waals surface area contributed by atoms with Crippen molar-refractivity contribution < 1.29 is 18.6 Å². The van der Waals surface area contributed by atoms with Crippen molar-refractivity contribution >= 4 is 12.2 Å². The maximum atomic E-state index is 11.4. The van der Waals surface area contributed by atoms with Crippen LogP contribution in [0.15, 0.2) is 39.5 Å². The summed E-state index contributed by atoms with van der Waals surface area (Å²) in [6.07, 6.45) is 3.46. The highest BCUT2D eigenvalue weighted by Gasteiger charge is 2.03. The van der Waals surface area contributed by atoms with Gasteiger partial charge < -0.3 is 18.6 Å². The second kappa shape index (κ2) is 6.65. The van der Waals surface area contributed by atoms with Gasteiger partial charge in [-0.3, -0.25) is 0 Å². The van der Waals surface area contributed by atoms with E-state index in [9.17, 15) is 4.79 Å². The lowest BCUT2D eigenvalue weighted by atomic mass is 10.1. The van der Waals surface area contributed by atoms with Crippen molar-refractivity contribution in [1.82, 2.24) is 0 Å². The van der Waals surface area contributed by atoms with Gasteiger partial charge in [0.15, 0.2) is 0 Å².